The molecule has 0 saturated heterocycles. The van der Waals surface area contributed by atoms with Crippen molar-refractivity contribution < 1.29 is 34.1 Å². The largest absolute Gasteiger partial charge is 0.489 e. The first kappa shape index (κ1) is 24.8. The first-order valence-electron chi connectivity index (χ1n) is 10.6. The number of aliphatic hydroxyl groups is 2. The highest BCUT2D eigenvalue weighted by Crippen LogP contribution is 2.22. The van der Waals surface area contributed by atoms with E-state index >= 15 is 0 Å². The van der Waals surface area contributed by atoms with E-state index < -0.39 is 18.2 Å². The van der Waals surface area contributed by atoms with Crippen molar-refractivity contribution in [2.75, 3.05) is 20.8 Å². The van der Waals surface area contributed by atoms with Gasteiger partial charge in [-0.15, -0.1) is 0 Å². The van der Waals surface area contributed by atoms with E-state index in [0.29, 0.717) is 29.4 Å². The lowest BCUT2D eigenvalue weighted by Gasteiger charge is -2.16. The van der Waals surface area contributed by atoms with Crippen LogP contribution in [0.5, 0.6) is 11.5 Å². The molecule has 2 N–H and O–H groups in total. The van der Waals surface area contributed by atoms with Crippen molar-refractivity contribution in [1.29, 1.82) is 0 Å². The summed E-state index contributed by atoms with van der Waals surface area (Å²) in [6.07, 6.45) is -3.03. The number of ether oxygens (including phenoxy) is 3. The van der Waals surface area contributed by atoms with E-state index in [4.69, 9.17) is 14.3 Å². The van der Waals surface area contributed by atoms with Crippen LogP contribution in [-0.4, -0.2) is 48.8 Å². The maximum atomic E-state index is 11.4. The van der Waals surface area contributed by atoms with Gasteiger partial charge in [-0.2, -0.15) is 0 Å². The SMILES string of the molecule is CON=C(COc1ccc(COc2ccc(C(O)C(O)C(=O)OC)cc2)cc1)c1ccccc1. The summed E-state index contributed by atoms with van der Waals surface area (Å²) >= 11 is 0. The highest BCUT2D eigenvalue weighted by molar-refractivity contribution is 6.01. The lowest BCUT2D eigenvalue weighted by molar-refractivity contribution is -0.156. The lowest BCUT2D eigenvalue weighted by Crippen LogP contribution is -2.28. The number of oxime groups is 1. The number of methoxy groups -OCH3 is 1. The zero-order valence-electron chi connectivity index (χ0n) is 19.0. The van der Waals surface area contributed by atoms with Crippen LogP contribution in [0.4, 0.5) is 0 Å². The molecule has 0 aromatic heterocycles. The number of hydrogen-bond acceptors (Lipinski definition) is 8. The Bertz CT molecular complexity index is 1070. The van der Waals surface area contributed by atoms with E-state index in [1.54, 1.807) is 24.3 Å². The van der Waals surface area contributed by atoms with Crippen LogP contribution in [0.15, 0.2) is 84.0 Å². The molecular formula is C26H27NO7. The van der Waals surface area contributed by atoms with Crippen molar-refractivity contribution in [1.82, 2.24) is 0 Å². The molecule has 178 valence electrons. The van der Waals surface area contributed by atoms with Crippen molar-refractivity contribution >= 4 is 11.7 Å². The molecule has 3 rings (SSSR count). The normalized spacial score (nSPS) is 13.0. The molecule has 0 heterocycles. The quantitative estimate of drug-likeness (QED) is 0.254. The molecule has 0 radical (unpaired) electrons. The third kappa shape index (κ3) is 6.81. The molecular weight excluding hydrogens is 438 g/mol. The van der Waals surface area contributed by atoms with Crippen LogP contribution in [0.1, 0.15) is 22.8 Å². The molecule has 2 atom stereocenters. The number of esters is 1. The number of carbonyl (C=O) groups excluding carboxylic acids is 1. The van der Waals surface area contributed by atoms with Gasteiger partial charge in [0.15, 0.2) is 6.10 Å². The maximum absolute atomic E-state index is 11.4. The smallest absolute Gasteiger partial charge is 0.337 e. The van der Waals surface area contributed by atoms with Crippen molar-refractivity contribution in [2.24, 2.45) is 5.16 Å². The van der Waals surface area contributed by atoms with E-state index in [-0.39, 0.29) is 6.61 Å². The molecule has 8 nitrogen and oxygen atoms in total. The second-order valence-corrected chi connectivity index (χ2v) is 7.29. The minimum atomic E-state index is -1.65. The van der Waals surface area contributed by atoms with Crippen molar-refractivity contribution in [3.63, 3.8) is 0 Å². The van der Waals surface area contributed by atoms with Crippen LogP contribution in [0.25, 0.3) is 0 Å². The van der Waals surface area contributed by atoms with Crippen LogP contribution in [-0.2, 0) is 21.0 Å². The minimum absolute atomic E-state index is 0.260. The number of benzene rings is 3. The fourth-order valence-corrected chi connectivity index (χ4v) is 3.10. The van der Waals surface area contributed by atoms with Gasteiger partial charge >= 0.3 is 5.97 Å². The van der Waals surface area contributed by atoms with Crippen LogP contribution in [0.2, 0.25) is 0 Å². The van der Waals surface area contributed by atoms with Crippen LogP contribution in [0, 0.1) is 0 Å². The summed E-state index contributed by atoms with van der Waals surface area (Å²) < 4.78 is 16.1. The Morgan fingerprint density at radius 2 is 1.47 bits per heavy atom. The van der Waals surface area contributed by atoms with E-state index in [1.165, 1.54) is 7.11 Å². The third-order valence-electron chi connectivity index (χ3n) is 4.98. The minimum Gasteiger partial charge on any atom is -0.489 e. The summed E-state index contributed by atoms with van der Waals surface area (Å²) in [5, 5.41) is 23.9. The number of carbonyl (C=O) groups is 1. The van der Waals surface area contributed by atoms with Gasteiger partial charge in [0.25, 0.3) is 0 Å². The Hall–Kier alpha value is -3.88. The number of aliphatic hydroxyl groups excluding tert-OH is 2. The van der Waals surface area contributed by atoms with Crippen LogP contribution in [0.3, 0.4) is 0 Å². The summed E-state index contributed by atoms with van der Waals surface area (Å²) in [7, 11) is 2.64. The molecule has 0 fully saturated rings. The molecule has 0 amide bonds. The van der Waals surface area contributed by atoms with Crippen molar-refractivity contribution in [3.8, 4) is 11.5 Å². The molecule has 3 aromatic carbocycles. The molecule has 0 aliphatic rings. The van der Waals surface area contributed by atoms with Gasteiger partial charge in [-0.3, -0.25) is 0 Å². The summed E-state index contributed by atoms with van der Waals surface area (Å²) in [6, 6.07) is 23.6. The van der Waals surface area contributed by atoms with Crippen molar-refractivity contribution in [2.45, 2.75) is 18.8 Å². The average Bonchev–Trinajstić information content (AvgIpc) is 2.90. The van der Waals surface area contributed by atoms with E-state index in [1.807, 2.05) is 54.6 Å². The Balaban J connectivity index is 1.52. The Kier molecular flexibility index (Phi) is 9.02. The van der Waals surface area contributed by atoms with Gasteiger partial charge in [-0.25, -0.2) is 4.79 Å². The fourth-order valence-electron chi connectivity index (χ4n) is 3.10. The predicted octanol–water partition coefficient (Wildman–Crippen LogP) is 3.26. The highest BCUT2D eigenvalue weighted by Gasteiger charge is 2.26. The fraction of sp³-hybridized carbons (Fsp3) is 0.231. The summed E-state index contributed by atoms with van der Waals surface area (Å²) in [5.74, 6) is 0.362. The topological polar surface area (TPSA) is 107 Å². The van der Waals surface area contributed by atoms with E-state index in [0.717, 1.165) is 18.2 Å². The number of rotatable bonds is 11. The van der Waals surface area contributed by atoms with Gasteiger partial charge in [0.1, 0.15) is 43.6 Å². The summed E-state index contributed by atoms with van der Waals surface area (Å²) in [5.41, 5.74) is 2.92. The molecule has 8 heteroatoms. The summed E-state index contributed by atoms with van der Waals surface area (Å²) in [4.78, 5) is 16.3. The molecule has 0 aliphatic heterocycles. The van der Waals surface area contributed by atoms with Gasteiger partial charge in [0.2, 0.25) is 0 Å². The first-order valence-corrected chi connectivity index (χ1v) is 10.6. The Morgan fingerprint density at radius 3 is 2.09 bits per heavy atom. The predicted molar refractivity (Wildman–Crippen MR) is 126 cm³/mol. The highest BCUT2D eigenvalue weighted by atomic mass is 16.6. The van der Waals surface area contributed by atoms with Gasteiger partial charge in [-0.05, 0) is 35.4 Å². The standard InChI is InChI=1S/C26H27NO7/c1-31-26(30)25(29)24(28)20-10-14-22(15-11-20)33-16-18-8-12-21(13-9-18)34-17-23(27-32-2)19-6-4-3-5-7-19/h3-15,24-25,28-29H,16-17H2,1-2H3. The van der Waals surface area contributed by atoms with Gasteiger partial charge < -0.3 is 29.3 Å². The van der Waals surface area contributed by atoms with E-state index in [9.17, 15) is 15.0 Å². The number of hydrogen-bond donors (Lipinski definition) is 2. The second-order valence-electron chi connectivity index (χ2n) is 7.29. The maximum Gasteiger partial charge on any atom is 0.337 e. The third-order valence-corrected chi connectivity index (χ3v) is 4.98. The first-order chi connectivity index (χ1) is 16.5. The molecule has 0 bridgehead atoms. The Morgan fingerprint density at radius 1 is 0.853 bits per heavy atom. The lowest BCUT2D eigenvalue weighted by atomic mass is 10.0. The molecule has 2 unspecified atom stereocenters. The molecule has 0 saturated carbocycles. The Labute approximate surface area is 198 Å². The molecule has 0 aliphatic carbocycles. The van der Waals surface area contributed by atoms with Crippen LogP contribution < -0.4 is 9.47 Å². The monoisotopic (exact) mass is 465 g/mol. The van der Waals surface area contributed by atoms with E-state index in [2.05, 4.69) is 9.89 Å². The second kappa shape index (κ2) is 12.4. The van der Waals surface area contributed by atoms with Crippen molar-refractivity contribution in [3.05, 3.63) is 95.6 Å². The molecule has 0 spiro atoms. The van der Waals surface area contributed by atoms with Crippen LogP contribution >= 0.6 is 0 Å². The van der Waals surface area contributed by atoms with Gasteiger partial charge in [0, 0.05) is 5.56 Å². The zero-order valence-corrected chi connectivity index (χ0v) is 19.0. The zero-order chi connectivity index (χ0) is 24.3. The molecule has 3 aromatic rings. The average molecular weight is 466 g/mol. The van der Waals surface area contributed by atoms with Gasteiger partial charge in [0.05, 0.1) is 7.11 Å². The number of nitrogens with zero attached hydrogens (tertiary/aromatic N) is 1. The van der Waals surface area contributed by atoms with Gasteiger partial charge in [-0.1, -0.05) is 59.8 Å². The summed E-state index contributed by atoms with van der Waals surface area (Å²) in [6.45, 7) is 0.587. The molecule has 34 heavy (non-hydrogen) atoms.